The zero-order valence-corrected chi connectivity index (χ0v) is 21.9. The van der Waals surface area contributed by atoms with E-state index in [1.165, 1.54) is 6.20 Å². The lowest BCUT2D eigenvalue weighted by Gasteiger charge is -2.40. The first-order chi connectivity index (χ1) is 17.1. The Kier molecular flexibility index (Phi) is 5.95. The van der Waals surface area contributed by atoms with Gasteiger partial charge in [-0.15, -0.1) is 0 Å². The molecule has 2 aliphatic heterocycles. The summed E-state index contributed by atoms with van der Waals surface area (Å²) in [6, 6.07) is 5.51. The Hall–Kier alpha value is -3.52. The molecule has 1 fully saturated rings. The molecule has 0 saturated carbocycles. The lowest BCUT2D eigenvalue weighted by atomic mass is 9.88. The third-order valence-corrected chi connectivity index (χ3v) is 7.63. The van der Waals surface area contributed by atoms with Gasteiger partial charge in [-0.25, -0.2) is 14.8 Å². The number of aromatic nitrogens is 2. The molecule has 0 spiro atoms. The van der Waals surface area contributed by atoms with Gasteiger partial charge in [0.15, 0.2) is 0 Å². The van der Waals surface area contributed by atoms with Gasteiger partial charge in [0.1, 0.15) is 11.1 Å². The highest BCUT2D eigenvalue weighted by Crippen LogP contribution is 2.40. The minimum Gasteiger partial charge on any atom is -0.422 e. The second-order valence-corrected chi connectivity index (χ2v) is 10.3. The third-order valence-electron chi connectivity index (χ3n) is 7.63. The smallest absolute Gasteiger partial charge is 0.347 e. The molecule has 8 nitrogen and oxygen atoms in total. The fourth-order valence-corrected chi connectivity index (χ4v) is 5.16. The number of fused-ring (bicyclic) bond motifs is 2. The molecule has 0 radical (unpaired) electrons. The minimum atomic E-state index is -0.656. The van der Waals surface area contributed by atoms with Gasteiger partial charge >= 0.3 is 5.63 Å². The van der Waals surface area contributed by atoms with Gasteiger partial charge < -0.3 is 19.1 Å². The van der Waals surface area contributed by atoms with E-state index < -0.39 is 11.4 Å². The minimum absolute atomic E-state index is 0.00964. The maximum atomic E-state index is 13.4. The van der Waals surface area contributed by atoms with Crippen LogP contribution < -0.4 is 15.4 Å². The summed E-state index contributed by atoms with van der Waals surface area (Å²) in [6.45, 7) is 14.9. The number of anilines is 2. The lowest BCUT2D eigenvalue weighted by molar-refractivity contribution is 0.103. The van der Waals surface area contributed by atoms with Crippen molar-refractivity contribution < 1.29 is 9.21 Å². The molecule has 1 aromatic carbocycles. The highest BCUT2D eigenvalue weighted by atomic mass is 16.4. The van der Waals surface area contributed by atoms with Crippen LogP contribution in [0.4, 0.5) is 11.6 Å². The van der Waals surface area contributed by atoms with E-state index in [0.717, 1.165) is 49.5 Å². The van der Waals surface area contributed by atoms with Crippen molar-refractivity contribution in [2.24, 2.45) is 0 Å². The Labute approximate surface area is 211 Å². The van der Waals surface area contributed by atoms with Gasteiger partial charge in [-0.05, 0) is 51.9 Å². The third kappa shape index (κ3) is 4.09. The molecule has 2 aromatic heterocycles. The van der Waals surface area contributed by atoms with Gasteiger partial charge in [0, 0.05) is 62.1 Å². The van der Waals surface area contributed by atoms with Crippen LogP contribution in [-0.4, -0.2) is 66.0 Å². The molecule has 3 aromatic rings. The topological polar surface area (TPSA) is 82.8 Å². The fraction of sp³-hybridized carbons (Fsp3) is 0.429. The second kappa shape index (κ2) is 8.85. The number of rotatable bonds is 4. The summed E-state index contributed by atoms with van der Waals surface area (Å²) in [6.07, 6.45) is 3.75. The van der Waals surface area contributed by atoms with Gasteiger partial charge in [-0.3, -0.25) is 4.79 Å². The molecule has 0 amide bonds. The van der Waals surface area contributed by atoms with Crippen molar-refractivity contribution in [2.45, 2.75) is 40.2 Å². The standard InChI is InChI=1S/C28H33N5O3/c1-7-32-8-10-33(11-9-32)27-29-16-22(18(3)30-27)25(34)21-13-19-12-20-17(2)15-28(4,5)31(6)23(20)14-24(19)36-26(21)35/h12-16H,7-11H2,1-6H3. The summed E-state index contributed by atoms with van der Waals surface area (Å²) in [7, 11) is 2.03. The van der Waals surface area contributed by atoms with Gasteiger partial charge in [-0.1, -0.05) is 13.0 Å². The molecule has 0 N–H and O–H groups in total. The average molecular weight is 488 g/mol. The zero-order valence-electron chi connectivity index (χ0n) is 21.9. The van der Waals surface area contributed by atoms with Crippen molar-refractivity contribution in [2.75, 3.05) is 49.6 Å². The number of carbonyl (C=O) groups excluding carboxylic acids is 1. The van der Waals surface area contributed by atoms with Gasteiger partial charge in [0.05, 0.1) is 16.8 Å². The number of likely N-dealkylation sites (N-methyl/N-ethyl adjacent to an activating group) is 2. The van der Waals surface area contributed by atoms with Crippen molar-refractivity contribution in [1.82, 2.24) is 14.9 Å². The number of benzene rings is 1. The van der Waals surface area contributed by atoms with Crippen LogP contribution in [0.15, 0.2) is 39.7 Å². The largest absolute Gasteiger partial charge is 0.422 e. The number of allylic oxidation sites excluding steroid dienone is 1. The van der Waals surface area contributed by atoms with Gasteiger partial charge in [0.25, 0.3) is 0 Å². The van der Waals surface area contributed by atoms with Gasteiger partial charge in [0.2, 0.25) is 11.7 Å². The Balaban J connectivity index is 1.48. The average Bonchev–Trinajstić information content (AvgIpc) is 2.85. The normalized spacial score (nSPS) is 17.8. The maximum Gasteiger partial charge on any atom is 0.347 e. The molecule has 1 saturated heterocycles. The first-order valence-corrected chi connectivity index (χ1v) is 12.5. The summed E-state index contributed by atoms with van der Waals surface area (Å²) >= 11 is 0. The SMILES string of the molecule is CCN1CCN(c2ncc(C(=O)c3cc4cc5c(cc4oc3=O)N(C)C(C)(C)C=C5C)c(C)n2)CC1. The number of piperazine rings is 1. The van der Waals surface area contributed by atoms with E-state index in [1.807, 2.05) is 19.2 Å². The number of hydrogen-bond acceptors (Lipinski definition) is 8. The van der Waals surface area contributed by atoms with Crippen LogP contribution in [-0.2, 0) is 0 Å². The molecule has 188 valence electrons. The second-order valence-electron chi connectivity index (χ2n) is 10.3. The van der Waals surface area contributed by atoms with E-state index in [-0.39, 0.29) is 11.1 Å². The summed E-state index contributed by atoms with van der Waals surface area (Å²) in [5, 5.41) is 0.710. The molecular weight excluding hydrogens is 454 g/mol. The van der Waals surface area contributed by atoms with Gasteiger partial charge in [-0.2, -0.15) is 0 Å². The summed E-state index contributed by atoms with van der Waals surface area (Å²) in [5.74, 6) is 0.194. The van der Waals surface area contributed by atoms with Crippen LogP contribution in [0, 0.1) is 6.92 Å². The summed E-state index contributed by atoms with van der Waals surface area (Å²) < 4.78 is 5.66. The maximum absolute atomic E-state index is 13.4. The molecule has 2 aliphatic rings. The number of hydrogen-bond donors (Lipinski definition) is 0. The molecule has 0 bridgehead atoms. The molecule has 0 atom stereocenters. The predicted molar refractivity (Wildman–Crippen MR) is 143 cm³/mol. The van der Waals surface area contributed by atoms with E-state index >= 15 is 0 Å². The quantitative estimate of drug-likeness (QED) is 0.405. The molecule has 8 heteroatoms. The van der Waals surface area contributed by atoms with Crippen molar-refractivity contribution in [3.8, 4) is 0 Å². The number of ketones is 1. The van der Waals surface area contributed by atoms with Crippen LogP contribution in [0.2, 0.25) is 0 Å². The lowest BCUT2D eigenvalue weighted by Crippen LogP contribution is -2.46. The number of carbonyl (C=O) groups is 1. The Bertz CT molecular complexity index is 1450. The molecule has 36 heavy (non-hydrogen) atoms. The predicted octanol–water partition coefficient (Wildman–Crippen LogP) is 3.90. The highest BCUT2D eigenvalue weighted by molar-refractivity contribution is 6.10. The molecule has 0 unspecified atom stereocenters. The highest BCUT2D eigenvalue weighted by Gasteiger charge is 2.29. The van der Waals surface area contributed by atoms with Crippen molar-refractivity contribution >= 4 is 34.0 Å². The first kappa shape index (κ1) is 24.2. The van der Waals surface area contributed by atoms with Crippen LogP contribution in [0.25, 0.3) is 16.5 Å². The van der Waals surface area contributed by atoms with E-state index in [2.05, 4.69) is 58.4 Å². The summed E-state index contributed by atoms with van der Waals surface area (Å²) in [5.41, 5.74) is 3.70. The van der Waals surface area contributed by atoms with E-state index in [4.69, 9.17) is 4.42 Å². The molecule has 0 aliphatic carbocycles. The molecular formula is C28H33N5O3. The van der Waals surface area contributed by atoms with E-state index in [1.54, 1.807) is 13.0 Å². The van der Waals surface area contributed by atoms with Crippen LogP contribution in [0.3, 0.4) is 0 Å². The molecule has 4 heterocycles. The zero-order chi connectivity index (χ0) is 25.8. The van der Waals surface area contributed by atoms with Crippen molar-refractivity contribution in [3.05, 3.63) is 63.3 Å². The Morgan fingerprint density at radius 1 is 1.08 bits per heavy atom. The fourth-order valence-electron chi connectivity index (χ4n) is 5.16. The Morgan fingerprint density at radius 2 is 1.81 bits per heavy atom. The van der Waals surface area contributed by atoms with E-state index in [0.29, 0.717) is 28.2 Å². The summed E-state index contributed by atoms with van der Waals surface area (Å²) in [4.78, 5) is 42.1. The van der Waals surface area contributed by atoms with Crippen LogP contribution in [0.5, 0.6) is 0 Å². The van der Waals surface area contributed by atoms with Crippen molar-refractivity contribution in [1.29, 1.82) is 0 Å². The number of aryl methyl sites for hydroxylation is 1. The molecule has 5 rings (SSSR count). The first-order valence-electron chi connectivity index (χ1n) is 12.5. The Morgan fingerprint density at radius 3 is 2.47 bits per heavy atom. The van der Waals surface area contributed by atoms with E-state index in [9.17, 15) is 9.59 Å². The van der Waals surface area contributed by atoms with Crippen LogP contribution >= 0.6 is 0 Å². The number of nitrogens with zero attached hydrogens (tertiary/aromatic N) is 5. The monoisotopic (exact) mass is 487 g/mol. The van der Waals surface area contributed by atoms with Crippen molar-refractivity contribution in [3.63, 3.8) is 0 Å². The van der Waals surface area contributed by atoms with Crippen LogP contribution in [0.1, 0.15) is 54.9 Å².